The second-order valence-electron chi connectivity index (χ2n) is 4.96. The molecule has 4 nitrogen and oxygen atoms in total. The van der Waals surface area contributed by atoms with Crippen LogP contribution in [0, 0.1) is 0 Å². The third kappa shape index (κ3) is 1.65. The summed E-state index contributed by atoms with van der Waals surface area (Å²) >= 11 is 0. The number of fused-ring (bicyclic) bond motifs is 1. The maximum Gasteiger partial charge on any atom is 0.218 e. The lowest BCUT2D eigenvalue weighted by Gasteiger charge is -2.42. The van der Waals surface area contributed by atoms with Gasteiger partial charge < -0.3 is 15.6 Å². The molecule has 18 heavy (non-hydrogen) atoms. The van der Waals surface area contributed by atoms with E-state index < -0.39 is 5.54 Å². The smallest absolute Gasteiger partial charge is 0.218 e. The number of nitrogens with zero attached hydrogens (tertiary/aromatic N) is 1. The van der Waals surface area contributed by atoms with Crippen molar-refractivity contribution in [3.05, 3.63) is 35.9 Å². The van der Waals surface area contributed by atoms with Gasteiger partial charge in [0.15, 0.2) is 0 Å². The molecular weight excluding hydrogens is 228 g/mol. The van der Waals surface area contributed by atoms with E-state index in [1.165, 1.54) is 0 Å². The molecule has 3 rings (SSSR count). The lowest BCUT2D eigenvalue weighted by molar-refractivity contribution is 0.0197. The fraction of sp³-hybridized carbons (Fsp3) is 0.357. The van der Waals surface area contributed by atoms with Crippen LogP contribution in [-0.4, -0.2) is 23.3 Å². The number of rotatable bonds is 2. The topological polar surface area (TPSA) is 68.4 Å². The zero-order valence-corrected chi connectivity index (χ0v) is 10.3. The molecule has 0 saturated heterocycles. The minimum Gasteiger partial charge on any atom is -0.481 e. The minimum absolute atomic E-state index is 0.314. The van der Waals surface area contributed by atoms with E-state index in [1.54, 1.807) is 7.11 Å². The highest BCUT2D eigenvalue weighted by molar-refractivity contribution is 5.80. The number of pyridine rings is 1. The van der Waals surface area contributed by atoms with Crippen LogP contribution >= 0.6 is 0 Å². The molecule has 0 aliphatic heterocycles. The Morgan fingerprint density at radius 3 is 2.78 bits per heavy atom. The average molecular weight is 244 g/mol. The Morgan fingerprint density at radius 2 is 2.11 bits per heavy atom. The third-order valence-corrected chi connectivity index (χ3v) is 3.62. The summed E-state index contributed by atoms with van der Waals surface area (Å²) in [6.07, 6.45) is 0.804. The predicted octanol–water partition coefficient (Wildman–Crippen LogP) is 1.55. The molecule has 2 aromatic rings. The zero-order valence-electron chi connectivity index (χ0n) is 10.3. The number of nitrogens with two attached hydrogens (primary N) is 1. The van der Waals surface area contributed by atoms with Crippen molar-refractivity contribution in [1.82, 2.24) is 4.98 Å². The molecule has 0 radical (unpaired) electrons. The van der Waals surface area contributed by atoms with Crippen LogP contribution < -0.4 is 10.5 Å². The molecule has 0 atom stereocenters. The van der Waals surface area contributed by atoms with Crippen LogP contribution in [0.2, 0.25) is 0 Å². The van der Waals surface area contributed by atoms with Gasteiger partial charge in [-0.05, 0) is 25.0 Å². The van der Waals surface area contributed by atoms with Crippen molar-refractivity contribution in [2.75, 3.05) is 7.11 Å². The molecule has 1 aromatic carbocycles. The number of para-hydroxylation sites is 1. The average Bonchev–Trinajstić information content (AvgIpc) is 2.35. The second kappa shape index (κ2) is 3.93. The van der Waals surface area contributed by atoms with E-state index in [0.29, 0.717) is 18.7 Å². The summed E-state index contributed by atoms with van der Waals surface area (Å²) in [5, 5.41) is 10.5. The molecule has 1 heterocycles. The van der Waals surface area contributed by atoms with Crippen LogP contribution in [0.25, 0.3) is 10.9 Å². The van der Waals surface area contributed by atoms with E-state index in [4.69, 9.17) is 10.5 Å². The van der Waals surface area contributed by atoms with Gasteiger partial charge in [0.2, 0.25) is 5.88 Å². The molecule has 1 aromatic heterocycles. The van der Waals surface area contributed by atoms with E-state index in [9.17, 15) is 5.11 Å². The largest absolute Gasteiger partial charge is 0.481 e. The van der Waals surface area contributed by atoms with Crippen molar-refractivity contribution in [1.29, 1.82) is 0 Å². The molecule has 1 aliphatic carbocycles. The number of hydrogen-bond acceptors (Lipinski definition) is 4. The van der Waals surface area contributed by atoms with Crippen LogP contribution in [-0.2, 0) is 5.54 Å². The molecule has 3 N–H and O–H groups in total. The first-order valence-electron chi connectivity index (χ1n) is 6.03. The van der Waals surface area contributed by atoms with E-state index in [0.717, 1.165) is 16.5 Å². The second-order valence-corrected chi connectivity index (χ2v) is 4.96. The van der Waals surface area contributed by atoms with Gasteiger partial charge in [-0.1, -0.05) is 18.2 Å². The number of aliphatic hydroxyl groups excluding tert-OH is 1. The zero-order chi connectivity index (χ0) is 12.8. The molecule has 1 saturated carbocycles. The summed E-state index contributed by atoms with van der Waals surface area (Å²) in [6, 6.07) is 9.88. The molecule has 1 fully saturated rings. The number of hydrogen-bond donors (Lipinski definition) is 2. The quantitative estimate of drug-likeness (QED) is 0.841. The van der Waals surface area contributed by atoms with Crippen molar-refractivity contribution in [3.63, 3.8) is 0 Å². The first kappa shape index (κ1) is 11.4. The molecule has 4 heteroatoms. The Bertz CT molecular complexity index is 591. The fourth-order valence-corrected chi connectivity index (χ4v) is 2.61. The van der Waals surface area contributed by atoms with Crippen molar-refractivity contribution < 1.29 is 9.84 Å². The Hall–Kier alpha value is -1.65. The van der Waals surface area contributed by atoms with Gasteiger partial charge in [0, 0.05) is 10.9 Å². The van der Waals surface area contributed by atoms with Crippen molar-refractivity contribution in [2.24, 2.45) is 5.73 Å². The first-order valence-corrected chi connectivity index (χ1v) is 6.03. The Morgan fingerprint density at radius 1 is 1.39 bits per heavy atom. The normalized spacial score (nSPS) is 26.9. The molecule has 1 aliphatic rings. The van der Waals surface area contributed by atoms with Crippen molar-refractivity contribution in [2.45, 2.75) is 24.5 Å². The summed E-state index contributed by atoms with van der Waals surface area (Å²) in [6.45, 7) is 0. The Labute approximate surface area is 105 Å². The van der Waals surface area contributed by atoms with Crippen LogP contribution in [0.15, 0.2) is 30.3 Å². The summed E-state index contributed by atoms with van der Waals surface area (Å²) in [5.41, 5.74) is 7.56. The lowest BCUT2D eigenvalue weighted by atomic mass is 9.70. The molecule has 0 amide bonds. The number of aromatic nitrogens is 1. The van der Waals surface area contributed by atoms with Gasteiger partial charge >= 0.3 is 0 Å². The van der Waals surface area contributed by atoms with Gasteiger partial charge in [-0.3, -0.25) is 0 Å². The standard InChI is InChI=1S/C14H16N2O2/c1-18-13-11(14(15)7-10(17)8-14)6-9-4-2-3-5-12(9)16-13/h2-6,10,17H,7-8,15H2,1H3. The van der Waals surface area contributed by atoms with Crippen LogP contribution in [0.4, 0.5) is 0 Å². The van der Waals surface area contributed by atoms with E-state index in [1.807, 2.05) is 30.3 Å². The highest BCUT2D eigenvalue weighted by Crippen LogP contribution is 2.43. The van der Waals surface area contributed by atoms with Gasteiger partial charge in [0.05, 0.1) is 24.3 Å². The summed E-state index contributed by atoms with van der Waals surface area (Å²) in [7, 11) is 1.60. The molecule has 94 valence electrons. The molecule has 0 bridgehead atoms. The maximum atomic E-state index is 9.48. The van der Waals surface area contributed by atoms with Gasteiger partial charge in [0.25, 0.3) is 0 Å². The number of benzene rings is 1. The first-order chi connectivity index (χ1) is 8.62. The van der Waals surface area contributed by atoms with E-state index in [-0.39, 0.29) is 6.10 Å². The predicted molar refractivity (Wildman–Crippen MR) is 69.4 cm³/mol. The van der Waals surface area contributed by atoms with Crippen molar-refractivity contribution in [3.8, 4) is 5.88 Å². The maximum absolute atomic E-state index is 9.48. The third-order valence-electron chi connectivity index (χ3n) is 3.62. The molecule has 0 spiro atoms. The Kier molecular flexibility index (Phi) is 2.50. The SMILES string of the molecule is COc1nc2ccccc2cc1C1(N)CC(O)C1. The highest BCUT2D eigenvalue weighted by Gasteiger charge is 2.43. The minimum atomic E-state index is -0.512. The summed E-state index contributed by atoms with van der Waals surface area (Å²) in [5.74, 6) is 0.558. The van der Waals surface area contributed by atoms with Gasteiger partial charge in [-0.15, -0.1) is 0 Å². The molecular formula is C14H16N2O2. The molecule has 0 unspecified atom stereocenters. The number of methoxy groups -OCH3 is 1. The van der Waals surface area contributed by atoms with Crippen molar-refractivity contribution >= 4 is 10.9 Å². The van der Waals surface area contributed by atoms with Gasteiger partial charge in [-0.2, -0.15) is 0 Å². The van der Waals surface area contributed by atoms with E-state index in [2.05, 4.69) is 4.98 Å². The lowest BCUT2D eigenvalue weighted by Crippen LogP contribution is -2.51. The fourth-order valence-electron chi connectivity index (χ4n) is 2.61. The van der Waals surface area contributed by atoms with Gasteiger partial charge in [0.1, 0.15) is 0 Å². The monoisotopic (exact) mass is 244 g/mol. The summed E-state index contributed by atoms with van der Waals surface area (Å²) < 4.78 is 5.34. The van der Waals surface area contributed by atoms with Crippen LogP contribution in [0.3, 0.4) is 0 Å². The summed E-state index contributed by atoms with van der Waals surface area (Å²) in [4.78, 5) is 4.48. The number of ether oxygens (including phenoxy) is 1. The van der Waals surface area contributed by atoms with E-state index >= 15 is 0 Å². The highest BCUT2D eigenvalue weighted by atomic mass is 16.5. The van der Waals surface area contributed by atoms with Crippen LogP contribution in [0.5, 0.6) is 5.88 Å². The number of aliphatic hydroxyl groups is 1. The van der Waals surface area contributed by atoms with Crippen LogP contribution in [0.1, 0.15) is 18.4 Å². The Balaban J connectivity index is 2.15. The van der Waals surface area contributed by atoms with Gasteiger partial charge in [-0.25, -0.2) is 4.98 Å².